The molecule has 1 aliphatic rings. The van der Waals surface area contributed by atoms with Crippen molar-refractivity contribution in [3.05, 3.63) is 61.3 Å². The third kappa shape index (κ3) is 2.94. The van der Waals surface area contributed by atoms with E-state index >= 15 is 0 Å². The first-order chi connectivity index (χ1) is 16.2. The Morgan fingerprint density at radius 3 is 2.76 bits per heavy atom. The molecule has 0 saturated heterocycles. The minimum atomic E-state index is -0.522. The first-order valence-corrected chi connectivity index (χ1v) is 10.6. The van der Waals surface area contributed by atoms with Gasteiger partial charge in [-0.15, -0.1) is 0 Å². The molecule has 5 aromatic rings. The topological polar surface area (TPSA) is 121 Å². The Morgan fingerprint density at radius 2 is 1.91 bits per heavy atom. The lowest BCUT2D eigenvalue weighted by atomic mass is 9.68. The van der Waals surface area contributed by atoms with Crippen molar-refractivity contribution >= 4 is 16.6 Å². The van der Waals surface area contributed by atoms with Crippen molar-refractivity contribution in [2.75, 3.05) is 0 Å². The zero-order chi connectivity index (χ0) is 22.4. The van der Waals surface area contributed by atoms with Crippen LogP contribution in [0.2, 0.25) is 0 Å². The van der Waals surface area contributed by atoms with Crippen LogP contribution in [0.5, 0.6) is 0 Å². The fourth-order valence-electron chi connectivity index (χ4n) is 4.67. The first kappa shape index (κ1) is 19.1. The SMILES string of the molecule is N#CC[C@]1(n2ncc(-c3cc(-c4cnn5cccnc45)cc4ncccc34)n2)C[C@H](C#N)C1. The third-order valence-electron chi connectivity index (χ3n) is 6.35. The van der Waals surface area contributed by atoms with Gasteiger partial charge in [0.25, 0.3) is 0 Å². The highest BCUT2D eigenvalue weighted by Gasteiger charge is 2.48. The van der Waals surface area contributed by atoms with E-state index in [2.05, 4.69) is 38.4 Å². The van der Waals surface area contributed by atoms with E-state index in [0.29, 0.717) is 18.5 Å². The number of nitrogens with zero attached hydrogens (tertiary/aromatic N) is 9. The summed E-state index contributed by atoms with van der Waals surface area (Å²) >= 11 is 0. The van der Waals surface area contributed by atoms with Gasteiger partial charge in [0.15, 0.2) is 5.65 Å². The maximum Gasteiger partial charge on any atom is 0.162 e. The van der Waals surface area contributed by atoms with Crippen molar-refractivity contribution in [1.82, 2.24) is 34.6 Å². The van der Waals surface area contributed by atoms with E-state index in [1.165, 1.54) is 0 Å². The van der Waals surface area contributed by atoms with Crippen molar-refractivity contribution in [2.24, 2.45) is 5.92 Å². The van der Waals surface area contributed by atoms with Gasteiger partial charge in [-0.25, -0.2) is 9.50 Å². The van der Waals surface area contributed by atoms with E-state index < -0.39 is 5.54 Å². The van der Waals surface area contributed by atoms with Gasteiger partial charge in [-0.05, 0) is 42.7 Å². The number of aromatic nitrogens is 7. The Kier molecular flexibility index (Phi) is 4.17. The average molecular weight is 431 g/mol. The Hall–Kier alpha value is -4.63. The fourth-order valence-corrected chi connectivity index (χ4v) is 4.67. The summed E-state index contributed by atoms with van der Waals surface area (Å²) in [6, 6.07) is 14.3. The van der Waals surface area contributed by atoms with Gasteiger partial charge in [-0.3, -0.25) is 4.98 Å². The molecule has 33 heavy (non-hydrogen) atoms. The molecule has 9 nitrogen and oxygen atoms in total. The van der Waals surface area contributed by atoms with Crippen LogP contribution < -0.4 is 0 Å². The number of benzene rings is 1. The summed E-state index contributed by atoms with van der Waals surface area (Å²) in [5.41, 5.74) is 4.47. The van der Waals surface area contributed by atoms with Crippen LogP contribution >= 0.6 is 0 Å². The lowest BCUT2D eigenvalue weighted by molar-refractivity contribution is 0.0713. The highest BCUT2D eigenvalue weighted by atomic mass is 15.5. The molecule has 4 heterocycles. The normalized spacial score (nSPS) is 19.8. The van der Waals surface area contributed by atoms with E-state index in [4.69, 9.17) is 5.10 Å². The van der Waals surface area contributed by atoms with E-state index in [0.717, 1.165) is 33.2 Å². The predicted molar refractivity (Wildman–Crippen MR) is 119 cm³/mol. The molecule has 0 bridgehead atoms. The van der Waals surface area contributed by atoms with E-state index in [9.17, 15) is 10.5 Å². The molecule has 0 aliphatic heterocycles. The average Bonchev–Trinajstić information content (AvgIpc) is 3.48. The lowest BCUT2D eigenvalue weighted by Crippen LogP contribution is -2.47. The van der Waals surface area contributed by atoms with Gasteiger partial charge in [0, 0.05) is 35.1 Å². The lowest BCUT2D eigenvalue weighted by Gasteiger charge is -2.42. The summed E-state index contributed by atoms with van der Waals surface area (Å²) in [6.45, 7) is 0. The van der Waals surface area contributed by atoms with Crippen molar-refractivity contribution in [2.45, 2.75) is 24.8 Å². The molecule has 0 spiro atoms. The molecule has 4 aromatic heterocycles. The fraction of sp³-hybridized carbons (Fsp3) is 0.208. The highest BCUT2D eigenvalue weighted by molar-refractivity contribution is 5.98. The number of hydrogen-bond acceptors (Lipinski definition) is 7. The Balaban J connectivity index is 1.50. The second-order valence-corrected chi connectivity index (χ2v) is 8.35. The molecule has 1 aromatic carbocycles. The van der Waals surface area contributed by atoms with Crippen LogP contribution in [0.4, 0.5) is 0 Å². The Bertz CT molecular complexity index is 1590. The van der Waals surface area contributed by atoms with Crippen molar-refractivity contribution < 1.29 is 0 Å². The molecule has 0 unspecified atom stereocenters. The monoisotopic (exact) mass is 431 g/mol. The molecule has 158 valence electrons. The molecule has 9 heteroatoms. The molecule has 1 saturated carbocycles. The van der Waals surface area contributed by atoms with Gasteiger partial charge in [0.05, 0.1) is 47.9 Å². The molecular weight excluding hydrogens is 414 g/mol. The minimum Gasteiger partial charge on any atom is -0.256 e. The first-order valence-electron chi connectivity index (χ1n) is 10.6. The van der Waals surface area contributed by atoms with Crippen LogP contribution in [0.1, 0.15) is 19.3 Å². The zero-order valence-electron chi connectivity index (χ0n) is 17.5. The smallest absolute Gasteiger partial charge is 0.162 e. The van der Waals surface area contributed by atoms with Crippen LogP contribution in [-0.2, 0) is 5.54 Å². The van der Waals surface area contributed by atoms with Gasteiger partial charge < -0.3 is 0 Å². The maximum absolute atomic E-state index is 9.36. The number of fused-ring (bicyclic) bond motifs is 2. The van der Waals surface area contributed by atoms with Crippen molar-refractivity contribution in [1.29, 1.82) is 10.5 Å². The molecule has 0 amide bonds. The summed E-state index contributed by atoms with van der Waals surface area (Å²) in [4.78, 5) is 10.7. The number of rotatable bonds is 4. The number of pyridine rings is 1. The van der Waals surface area contributed by atoms with Gasteiger partial charge in [0.1, 0.15) is 5.69 Å². The number of nitriles is 2. The van der Waals surface area contributed by atoms with Gasteiger partial charge in [0.2, 0.25) is 0 Å². The zero-order valence-corrected chi connectivity index (χ0v) is 17.5. The Morgan fingerprint density at radius 1 is 1.03 bits per heavy atom. The molecule has 0 atom stereocenters. The molecule has 0 radical (unpaired) electrons. The maximum atomic E-state index is 9.36. The molecule has 1 fully saturated rings. The van der Waals surface area contributed by atoms with E-state index in [1.807, 2.05) is 30.5 Å². The predicted octanol–water partition coefficient (Wildman–Crippen LogP) is 3.75. The van der Waals surface area contributed by atoms with E-state index in [1.54, 1.807) is 34.1 Å². The molecule has 0 N–H and O–H groups in total. The Labute approximate surface area is 188 Å². The molecular formula is C24H17N9. The second kappa shape index (κ2) is 7.21. The summed E-state index contributed by atoms with van der Waals surface area (Å²) < 4.78 is 1.74. The second-order valence-electron chi connectivity index (χ2n) is 8.35. The van der Waals surface area contributed by atoms with Crippen molar-refractivity contribution in [3.63, 3.8) is 0 Å². The van der Waals surface area contributed by atoms with Crippen LogP contribution in [0.15, 0.2) is 61.3 Å². The van der Waals surface area contributed by atoms with Crippen LogP contribution in [0.3, 0.4) is 0 Å². The van der Waals surface area contributed by atoms with Crippen LogP contribution in [-0.4, -0.2) is 34.6 Å². The van der Waals surface area contributed by atoms with Gasteiger partial charge >= 0.3 is 0 Å². The van der Waals surface area contributed by atoms with E-state index in [-0.39, 0.29) is 12.3 Å². The van der Waals surface area contributed by atoms with Gasteiger partial charge in [-0.2, -0.15) is 30.6 Å². The van der Waals surface area contributed by atoms with Crippen LogP contribution in [0.25, 0.3) is 38.9 Å². The van der Waals surface area contributed by atoms with Crippen LogP contribution in [0, 0.1) is 28.6 Å². The highest BCUT2D eigenvalue weighted by Crippen LogP contribution is 2.45. The summed E-state index contributed by atoms with van der Waals surface area (Å²) in [5, 5.41) is 33.3. The summed E-state index contributed by atoms with van der Waals surface area (Å²) in [5.74, 6) is -0.0655. The summed E-state index contributed by atoms with van der Waals surface area (Å²) in [7, 11) is 0. The quantitative estimate of drug-likeness (QED) is 0.425. The molecule has 1 aliphatic carbocycles. The number of hydrogen-bond donors (Lipinski definition) is 0. The van der Waals surface area contributed by atoms with Crippen molar-refractivity contribution in [3.8, 4) is 34.5 Å². The standard InChI is InChI=1S/C24H17N9/c25-5-4-24(11-16(12-24)13-26)33-30-15-22(31-33)19-9-17(10-21-18(19)3-1-6-27-21)20-14-29-32-8-2-7-28-23(20)32/h1-3,6-10,14-16H,4,11-12H2/t16-,24-. The largest absolute Gasteiger partial charge is 0.256 e. The van der Waals surface area contributed by atoms with Gasteiger partial charge in [-0.1, -0.05) is 6.07 Å². The minimum absolute atomic E-state index is 0.0655. The third-order valence-corrected chi connectivity index (χ3v) is 6.35. The summed E-state index contributed by atoms with van der Waals surface area (Å²) in [6.07, 6.45) is 10.3. The molecule has 6 rings (SSSR count).